The summed E-state index contributed by atoms with van der Waals surface area (Å²) in [5.74, 6) is 0.785. The van der Waals surface area contributed by atoms with Crippen LogP contribution in [0.4, 0.5) is 0 Å². The van der Waals surface area contributed by atoms with Crippen LogP contribution >= 0.6 is 0 Å². The quantitative estimate of drug-likeness (QED) is 0.519. The zero-order valence-electron chi connectivity index (χ0n) is 16.4. The minimum atomic E-state index is 0.785. The first-order chi connectivity index (χ1) is 11.3. The molecule has 1 rings (SSSR count). The van der Waals surface area contributed by atoms with Gasteiger partial charge in [0, 0.05) is 25.8 Å². The fourth-order valence-corrected chi connectivity index (χ4v) is 3.10. The van der Waals surface area contributed by atoms with Crippen molar-refractivity contribution >= 4 is 11.9 Å². The zero-order valence-corrected chi connectivity index (χ0v) is 16.4. The van der Waals surface area contributed by atoms with Gasteiger partial charge >= 0.3 is 0 Å². The van der Waals surface area contributed by atoms with Gasteiger partial charge in [-0.05, 0) is 66.1 Å². The van der Waals surface area contributed by atoms with Crippen molar-refractivity contribution in [3.8, 4) is 0 Å². The van der Waals surface area contributed by atoms with Crippen molar-refractivity contribution in [3.63, 3.8) is 0 Å². The molecule has 24 heavy (non-hydrogen) atoms. The molecule has 0 unspecified atom stereocenters. The van der Waals surface area contributed by atoms with Crippen LogP contribution in [0.5, 0.6) is 0 Å². The Morgan fingerprint density at radius 2 is 1.75 bits per heavy atom. The standard InChI is InChI=1S/C20H34N4/c1-9-21-17(5)20(15(2)3)22-16(4)18(6)24-12-10-19(11-13-24)14-23(7)8/h9,19H,2,6,10-14H2,1,3-5,7-8H3/b20-17+,21-9-,22-16+. The van der Waals surface area contributed by atoms with E-state index in [0.717, 1.165) is 47.4 Å². The Hall–Kier alpha value is -1.68. The third-order valence-electron chi connectivity index (χ3n) is 4.39. The zero-order chi connectivity index (χ0) is 18.3. The van der Waals surface area contributed by atoms with Gasteiger partial charge in [0.25, 0.3) is 0 Å². The van der Waals surface area contributed by atoms with Crippen LogP contribution in [0.2, 0.25) is 0 Å². The molecule has 0 saturated carbocycles. The summed E-state index contributed by atoms with van der Waals surface area (Å²) >= 11 is 0. The van der Waals surface area contributed by atoms with Gasteiger partial charge in [0.2, 0.25) is 0 Å². The highest BCUT2D eigenvalue weighted by Gasteiger charge is 2.21. The molecule has 1 fully saturated rings. The summed E-state index contributed by atoms with van der Waals surface area (Å²) in [4.78, 5) is 13.8. The van der Waals surface area contributed by atoms with E-state index in [1.165, 1.54) is 19.4 Å². The van der Waals surface area contributed by atoms with Crippen molar-refractivity contribution in [2.45, 2.75) is 40.5 Å². The molecule has 0 aromatic heterocycles. The Labute approximate surface area is 148 Å². The monoisotopic (exact) mass is 330 g/mol. The molecule has 0 radical (unpaired) electrons. The number of aliphatic imine (C=N–C) groups is 2. The van der Waals surface area contributed by atoms with Gasteiger partial charge in [-0.1, -0.05) is 13.2 Å². The number of hydrogen-bond acceptors (Lipinski definition) is 4. The number of nitrogens with zero attached hydrogens (tertiary/aromatic N) is 4. The summed E-state index contributed by atoms with van der Waals surface area (Å²) in [6, 6.07) is 0. The number of piperidine rings is 1. The van der Waals surface area contributed by atoms with E-state index < -0.39 is 0 Å². The molecule has 0 bridgehead atoms. The second kappa shape index (κ2) is 9.58. The maximum absolute atomic E-state index is 4.77. The lowest BCUT2D eigenvalue weighted by Gasteiger charge is -2.35. The molecule has 1 heterocycles. The van der Waals surface area contributed by atoms with Crippen LogP contribution in [0.15, 0.2) is 45.8 Å². The fourth-order valence-electron chi connectivity index (χ4n) is 3.10. The minimum Gasteiger partial charge on any atom is -0.371 e. The molecule has 4 nitrogen and oxygen atoms in total. The van der Waals surface area contributed by atoms with Gasteiger partial charge in [0.15, 0.2) is 0 Å². The van der Waals surface area contributed by atoms with Crippen LogP contribution in [0.1, 0.15) is 40.5 Å². The molecule has 0 aliphatic carbocycles. The lowest BCUT2D eigenvalue weighted by Crippen LogP contribution is -2.37. The largest absolute Gasteiger partial charge is 0.371 e. The first-order valence-corrected chi connectivity index (χ1v) is 8.75. The first-order valence-electron chi connectivity index (χ1n) is 8.75. The molecule has 0 atom stereocenters. The predicted octanol–water partition coefficient (Wildman–Crippen LogP) is 4.13. The van der Waals surface area contributed by atoms with E-state index in [2.05, 4.69) is 42.0 Å². The van der Waals surface area contributed by atoms with Gasteiger partial charge in [-0.15, -0.1) is 0 Å². The van der Waals surface area contributed by atoms with Crippen molar-refractivity contribution < 1.29 is 0 Å². The van der Waals surface area contributed by atoms with Crippen LogP contribution in [0.3, 0.4) is 0 Å². The highest BCUT2D eigenvalue weighted by molar-refractivity contribution is 5.98. The minimum absolute atomic E-state index is 0.785. The Morgan fingerprint density at radius 1 is 1.17 bits per heavy atom. The van der Waals surface area contributed by atoms with Crippen LogP contribution in [0, 0.1) is 5.92 Å². The van der Waals surface area contributed by atoms with Crippen molar-refractivity contribution in [1.29, 1.82) is 0 Å². The molecule has 1 saturated heterocycles. The topological polar surface area (TPSA) is 31.2 Å². The highest BCUT2D eigenvalue weighted by Crippen LogP contribution is 2.22. The number of likely N-dealkylation sites (tertiary alicyclic amines) is 1. The Balaban J connectivity index is 2.80. The molecule has 1 aliphatic rings. The van der Waals surface area contributed by atoms with Crippen molar-refractivity contribution in [2.75, 3.05) is 33.7 Å². The molecule has 0 aromatic carbocycles. The molecule has 0 aromatic rings. The van der Waals surface area contributed by atoms with Gasteiger partial charge in [0.1, 0.15) is 0 Å². The average Bonchev–Trinajstić information content (AvgIpc) is 2.51. The fraction of sp³-hybridized carbons (Fsp3) is 0.600. The van der Waals surface area contributed by atoms with E-state index in [4.69, 9.17) is 4.99 Å². The third kappa shape index (κ3) is 6.08. The number of hydrogen-bond donors (Lipinski definition) is 0. The number of allylic oxidation sites excluding steroid dienone is 3. The van der Waals surface area contributed by atoms with Gasteiger partial charge in [-0.25, -0.2) is 4.99 Å². The second-order valence-electron chi connectivity index (χ2n) is 6.94. The van der Waals surface area contributed by atoms with Crippen LogP contribution in [-0.4, -0.2) is 55.5 Å². The van der Waals surface area contributed by atoms with Crippen molar-refractivity contribution in [3.05, 3.63) is 35.8 Å². The highest BCUT2D eigenvalue weighted by atomic mass is 15.2. The Kier molecular flexibility index (Phi) is 8.13. The SMILES string of the molecule is C=C(C)C(/N=C(\C)C(=C)N1CCC(CN(C)C)CC1)=C(C)\N=C/C. The molecular weight excluding hydrogens is 296 g/mol. The summed E-state index contributed by atoms with van der Waals surface area (Å²) < 4.78 is 0. The third-order valence-corrected chi connectivity index (χ3v) is 4.39. The normalized spacial score (nSPS) is 18.3. The van der Waals surface area contributed by atoms with Gasteiger partial charge < -0.3 is 9.80 Å². The molecular formula is C20H34N4. The van der Waals surface area contributed by atoms with Crippen molar-refractivity contribution in [2.24, 2.45) is 15.9 Å². The number of rotatable bonds is 7. The molecule has 0 spiro atoms. The average molecular weight is 331 g/mol. The summed E-state index contributed by atoms with van der Waals surface area (Å²) in [5, 5.41) is 0. The predicted molar refractivity (Wildman–Crippen MR) is 107 cm³/mol. The smallest absolute Gasteiger partial charge is 0.0868 e. The summed E-state index contributed by atoms with van der Waals surface area (Å²) in [5.41, 5.74) is 4.64. The maximum Gasteiger partial charge on any atom is 0.0868 e. The lowest BCUT2D eigenvalue weighted by molar-refractivity contribution is 0.199. The van der Waals surface area contributed by atoms with Crippen LogP contribution < -0.4 is 0 Å². The van der Waals surface area contributed by atoms with E-state index in [9.17, 15) is 0 Å². The van der Waals surface area contributed by atoms with E-state index in [0.29, 0.717) is 0 Å². The second-order valence-corrected chi connectivity index (χ2v) is 6.94. The van der Waals surface area contributed by atoms with Gasteiger partial charge in [-0.3, -0.25) is 4.99 Å². The Bertz CT molecular complexity index is 544. The van der Waals surface area contributed by atoms with Gasteiger partial charge in [0.05, 0.1) is 22.8 Å². The summed E-state index contributed by atoms with van der Waals surface area (Å²) in [7, 11) is 4.30. The molecule has 1 aliphatic heterocycles. The first kappa shape index (κ1) is 20.4. The van der Waals surface area contributed by atoms with Crippen LogP contribution in [0.25, 0.3) is 0 Å². The molecule has 0 amide bonds. The molecule has 4 heteroatoms. The lowest BCUT2D eigenvalue weighted by atomic mass is 9.96. The van der Waals surface area contributed by atoms with E-state index in [1.54, 1.807) is 6.21 Å². The molecule has 0 N–H and O–H groups in total. The van der Waals surface area contributed by atoms with Crippen molar-refractivity contribution in [1.82, 2.24) is 9.80 Å². The molecule has 134 valence electrons. The van der Waals surface area contributed by atoms with E-state index in [1.807, 2.05) is 27.7 Å². The van der Waals surface area contributed by atoms with Gasteiger partial charge in [-0.2, -0.15) is 0 Å². The summed E-state index contributed by atoms with van der Waals surface area (Å²) in [6.45, 7) is 19.5. The van der Waals surface area contributed by atoms with E-state index >= 15 is 0 Å². The van der Waals surface area contributed by atoms with Crippen LogP contribution in [-0.2, 0) is 0 Å². The van der Waals surface area contributed by atoms with E-state index in [-0.39, 0.29) is 0 Å². The summed E-state index contributed by atoms with van der Waals surface area (Å²) in [6.07, 6.45) is 4.22. The Morgan fingerprint density at radius 3 is 2.21 bits per heavy atom. The maximum atomic E-state index is 4.77.